The molecule has 17 heavy (non-hydrogen) atoms. The molecule has 0 aliphatic carbocycles. The average molecular weight is 298 g/mol. The molecule has 0 aliphatic rings. The van der Waals surface area contributed by atoms with Crippen molar-refractivity contribution in [1.29, 1.82) is 0 Å². The third kappa shape index (κ3) is 2.46. The molecule has 0 aliphatic heterocycles. The maximum Gasteiger partial charge on any atom is 0.304 e. The molecule has 6 heteroatoms. The topological polar surface area (TPSA) is 67.5 Å². The zero-order chi connectivity index (χ0) is 12.6. The van der Waals surface area contributed by atoms with Crippen LogP contribution in [-0.2, 0) is 10.2 Å². The highest BCUT2D eigenvalue weighted by molar-refractivity contribution is 9.10. The lowest BCUT2D eigenvalue weighted by molar-refractivity contribution is -0.138. The van der Waals surface area contributed by atoms with Crippen LogP contribution < -0.4 is 0 Å². The molecule has 0 amide bonds. The van der Waals surface area contributed by atoms with E-state index in [0.717, 1.165) is 4.47 Å². The molecule has 5 nitrogen and oxygen atoms in total. The van der Waals surface area contributed by atoms with Gasteiger partial charge in [-0.05, 0) is 12.1 Å². The largest absolute Gasteiger partial charge is 0.481 e. The molecule has 2 aromatic rings. The number of carbonyl (C=O) groups is 1. The van der Waals surface area contributed by atoms with E-state index in [4.69, 9.17) is 5.11 Å². The molecule has 0 atom stereocenters. The number of rotatable bonds is 3. The van der Waals surface area contributed by atoms with Crippen LogP contribution in [0.15, 0.2) is 22.8 Å². The fourth-order valence-electron chi connectivity index (χ4n) is 1.60. The van der Waals surface area contributed by atoms with Crippen molar-refractivity contribution < 1.29 is 9.90 Å². The van der Waals surface area contributed by atoms with Gasteiger partial charge in [0.25, 0.3) is 0 Å². The van der Waals surface area contributed by atoms with Crippen molar-refractivity contribution in [2.24, 2.45) is 0 Å². The Kier molecular flexibility index (Phi) is 2.91. The SMILES string of the molecule is CC(C)(CC(=O)O)c1nc2cc(Br)ccn2n1. The predicted octanol–water partition coefficient (Wildman–Crippen LogP) is 2.24. The molecule has 1 N–H and O–H groups in total. The van der Waals surface area contributed by atoms with E-state index in [1.54, 1.807) is 10.7 Å². The molecule has 0 fully saturated rings. The second-order valence-electron chi connectivity index (χ2n) is 4.54. The smallest absolute Gasteiger partial charge is 0.304 e. The van der Waals surface area contributed by atoms with Crippen LogP contribution in [0.4, 0.5) is 0 Å². The van der Waals surface area contributed by atoms with Gasteiger partial charge in [0, 0.05) is 16.1 Å². The minimum atomic E-state index is -0.852. The maximum atomic E-state index is 10.8. The summed E-state index contributed by atoms with van der Waals surface area (Å²) in [5.74, 6) is -0.312. The minimum Gasteiger partial charge on any atom is -0.481 e. The second-order valence-corrected chi connectivity index (χ2v) is 5.45. The van der Waals surface area contributed by atoms with Gasteiger partial charge < -0.3 is 5.11 Å². The normalized spacial score (nSPS) is 11.9. The van der Waals surface area contributed by atoms with Crippen molar-refractivity contribution in [3.63, 3.8) is 0 Å². The monoisotopic (exact) mass is 297 g/mol. The first-order valence-corrected chi connectivity index (χ1v) is 5.92. The Morgan fingerprint density at radius 1 is 1.59 bits per heavy atom. The van der Waals surface area contributed by atoms with E-state index in [9.17, 15) is 4.79 Å². The molecular weight excluding hydrogens is 286 g/mol. The van der Waals surface area contributed by atoms with E-state index in [2.05, 4.69) is 26.0 Å². The molecule has 0 spiro atoms. The van der Waals surface area contributed by atoms with E-state index >= 15 is 0 Å². The van der Waals surface area contributed by atoms with E-state index in [-0.39, 0.29) is 6.42 Å². The quantitative estimate of drug-likeness (QED) is 0.943. The van der Waals surface area contributed by atoms with Crippen molar-refractivity contribution >= 4 is 27.5 Å². The summed E-state index contributed by atoms with van der Waals surface area (Å²) in [6.45, 7) is 3.65. The van der Waals surface area contributed by atoms with Crippen LogP contribution in [0, 0.1) is 0 Å². The Morgan fingerprint density at radius 3 is 2.94 bits per heavy atom. The Hall–Kier alpha value is -1.43. The predicted molar refractivity (Wildman–Crippen MR) is 66.0 cm³/mol. The summed E-state index contributed by atoms with van der Waals surface area (Å²) in [6, 6.07) is 3.70. The van der Waals surface area contributed by atoms with Gasteiger partial charge in [0.05, 0.1) is 6.42 Å². The lowest BCUT2D eigenvalue weighted by Gasteiger charge is -2.17. The number of carboxylic acid groups (broad SMARTS) is 1. The fraction of sp³-hybridized carbons (Fsp3) is 0.364. The third-order valence-electron chi connectivity index (χ3n) is 2.50. The van der Waals surface area contributed by atoms with Crippen LogP contribution >= 0.6 is 15.9 Å². The first kappa shape index (κ1) is 12.0. The maximum absolute atomic E-state index is 10.8. The van der Waals surface area contributed by atoms with E-state index in [1.807, 2.05) is 26.0 Å². The molecule has 2 aromatic heterocycles. The zero-order valence-electron chi connectivity index (χ0n) is 9.51. The highest BCUT2D eigenvalue weighted by Gasteiger charge is 2.28. The van der Waals surface area contributed by atoms with Gasteiger partial charge in [-0.1, -0.05) is 29.8 Å². The highest BCUT2D eigenvalue weighted by Crippen LogP contribution is 2.25. The van der Waals surface area contributed by atoms with Crippen molar-refractivity contribution in [1.82, 2.24) is 14.6 Å². The van der Waals surface area contributed by atoms with Crippen LogP contribution in [0.5, 0.6) is 0 Å². The molecule has 0 aromatic carbocycles. The molecular formula is C11H12BrN3O2. The van der Waals surface area contributed by atoms with Crippen LogP contribution in [0.25, 0.3) is 5.65 Å². The molecule has 0 saturated carbocycles. The number of fused-ring (bicyclic) bond motifs is 1. The Labute approximate surface area is 107 Å². The molecule has 2 heterocycles. The summed E-state index contributed by atoms with van der Waals surface area (Å²) in [7, 11) is 0. The second kappa shape index (κ2) is 4.10. The fourth-order valence-corrected chi connectivity index (χ4v) is 1.92. The average Bonchev–Trinajstić information content (AvgIpc) is 2.58. The molecule has 0 radical (unpaired) electrons. The standard InChI is InChI=1S/C11H12BrN3O2/c1-11(2,6-9(16)17)10-13-8-5-7(12)3-4-15(8)14-10/h3-5H,6H2,1-2H3,(H,16,17). The molecule has 2 rings (SSSR count). The lowest BCUT2D eigenvalue weighted by atomic mass is 9.89. The van der Waals surface area contributed by atoms with Crippen LogP contribution in [0.1, 0.15) is 26.1 Å². The van der Waals surface area contributed by atoms with Gasteiger partial charge in [-0.25, -0.2) is 9.50 Å². The zero-order valence-corrected chi connectivity index (χ0v) is 11.1. The summed E-state index contributed by atoms with van der Waals surface area (Å²) in [5, 5.41) is 13.2. The number of hydrogen-bond acceptors (Lipinski definition) is 3. The summed E-state index contributed by atoms with van der Waals surface area (Å²) in [6.07, 6.45) is 1.79. The van der Waals surface area contributed by atoms with Gasteiger partial charge in [0.2, 0.25) is 0 Å². The van der Waals surface area contributed by atoms with E-state index < -0.39 is 11.4 Å². The molecule has 0 bridgehead atoms. The van der Waals surface area contributed by atoms with Crippen molar-refractivity contribution in [2.75, 3.05) is 0 Å². The summed E-state index contributed by atoms with van der Waals surface area (Å²) < 4.78 is 2.56. The first-order chi connectivity index (χ1) is 7.88. The van der Waals surface area contributed by atoms with Gasteiger partial charge in [-0.15, -0.1) is 0 Å². The van der Waals surface area contributed by atoms with Crippen molar-refractivity contribution in [3.05, 3.63) is 28.6 Å². The number of pyridine rings is 1. The van der Waals surface area contributed by atoms with Gasteiger partial charge in [0.1, 0.15) is 0 Å². The molecule has 0 saturated heterocycles. The lowest BCUT2D eigenvalue weighted by Crippen LogP contribution is -2.23. The van der Waals surface area contributed by atoms with Crippen molar-refractivity contribution in [2.45, 2.75) is 25.7 Å². The van der Waals surface area contributed by atoms with Gasteiger partial charge >= 0.3 is 5.97 Å². The number of carboxylic acids is 1. The Bertz CT molecular complexity index is 577. The Morgan fingerprint density at radius 2 is 2.29 bits per heavy atom. The van der Waals surface area contributed by atoms with E-state index in [1.165, 1.54) is 0 Å². The molecule has 0 unspecified atom stereocenters. The van der Waals surface area contributed by atoms with Crippen LogP contribution in [0.3, 0.4) is 0 Å². The van der Waals surface area contributed by atoms with Gasteiger partial charge in [0.15, 0.2) is 11.5 Å². The first-order valence-electron chi connectivity index (χ1n) is 5.13. The van der Waals surface area contributed by atoms with Crippen molar-refractivity contribution in [3.8, 4) is 0 Å². The number of nitrogens with zero attached hydrogens (tertiary/aromatic N) is 3. The highest BCUT2D eigenvalue weighted by atomic mass is 79.9. The Balaban J connectivity index is 2.45. The number of hydrogen-bond donors (Lipinski definition) is 1. The van der Waals surface area contributed by atoms with Crippen LogP contribution in [0.2, 0.25) is 0 Å². The van der Waals surface area contributed by atoms with Crippen LogP contribution in [-0.4, -0.2) is 25.7 Å². The van der Waals surface area contributed by atoms with E-state index in [0.29, 0.717) is 11.5 Å². The number of aromatic nitrogens is 3. The number of halogens is 1. The summed E-state index contributed by atoms with van der Waals surface area (Å²) >= 11 is 3.36. The minimum absolute atomic E-state index is 0.00501. The summed E-state index contributed by atoms with van der Waals surface area (Å²) in [5.41, 5.74) is 0.123. The van der Waals surface area contributed by atoms with Gasteiger partial charge in [-0.2, -0.15) is 5.10 Å². The number of aliphatic carboxylic acids is 1. The molecule has 90 valence electrons. The van der Waals surface area contributed by atoms with Gasteiger partial charge in [-0.3, -0.25) is 4.79 Å². The third-order valence-corrected chi connectivity index (χ3v) is 2.99. The summed E-state index contributed by atoms with van der Waals surface area (Å²) in [4.78, 5) is 15.1.